The third kappa shape index (κ3) is 6.88. The maximum absolute atomic E-state index is 12.0. The van der Waals surface area contributed by atoms with Crippen LogP contribution in [0.2, 0.25) is 0 Å². The van der Waals surface area contributed by atoms with Gasteiger partial charge in [-0.15, -0.1) is 0 Å². The van der Waals surface area contributed by atoms with Gasteiger partial charge in [-0.3, -0.25) is 0 Å². The molecule has 0 bridgehead atoms. The first-order valence-corrected chi connectivity index (χ1v) is 6.38. The lowest BCUT2D eigenvalue weighted by atomic mass is 10.0. The van der Waals surface area contributed by atoms with Gasteiger partial charge < -0.3 is 10.2 Å². The highest BCUT2D eigenvalue weighted by Gasteiger charge is 2.26. The second-order valence-electron chi connectivity index (χ2n) is 5.15. The van der Waals surface area contributed by atoms with Gasteiger partial charge in [-0.05, 0) is 52.7 Å². The van der Waals surface area contributed by atoms with E-state index in [-0.39, 0.29) is 12.5 Å². The van der Waals surface area contributed by atoms with Crippen molar-refractivity contribution in [3.05, 3.63) is 0 Å². The molecule has 0 radical (unpaired) electrons. The average molecular weight is 252 g/mol. The van der Waals surface area contributed by atoms with Crippen molar-refractivity contribution in [1.29, 1.82) is 0 Å². The molecule has 1 N–H and O–H groups in total. The Kier molecular flexibility index (Phi) is 5.73. The zero-order chi connectivity index (χ0) is 12.9. The van der Waals surface area contributed by atoms with Gasteiger partial charge in [0.05, 0.1) is 0 Å². The zero-order valence-corrected chi connectivity index (χ0v) is 10.7. The fraction of sp³-hybridized carbons (Fsp3) is 1.00. The lowest BCUT2D eigenvalue weighted by Gasteiger charge is -2.31. The Morgan fingerprint density at radius 1 is 1.29 bits per heavy atom. The molecule has 0 aromatic rings. The van der Waals surface area contributed by atoms with Crippen LogP contribution in [0.25, 0.3) is 0 Å². The smallest absolute Gasteiger partial charge is 0.311 e. The summed E-state index contributed by atoms with van der Waals surface area (Å²) in [4.78, 5) is 2.28. The number of rotatable bonds is 5. The van der Waals surface area contributed by atoms with E-state index in [1.807, 2.05) is 6.92 Å². The summed E-state index contributed by atoms with van der Waals surface area (Å²) in [5.74, 6) is 0. The van der Waals surface area contributed by atoms with Crippen LogP contribution in [-0.4, -0.2) is 43.3 Å². The van der Waals surface area contributed by atoms with Gasteiger partial charge in [0.15, 0.2) is 0 Å². The molecule has 0 aromatic heterocycles. The highest BCUT2D eigenvalue weighted by Crippen LogP contribution is 2.22. The van der Waals surface area contributed by atoms with E-state index in [1.54, 1.807) is 0 Å². The molecule has 0 saturated carbocycles. The van der Waals surface area contributed by atoms with E-state index in [9.17, 15) is 13.2 Å². The highest BCUT2D eigenvalue weighted by molar-refractivity contribution is 4.78. The minimum Gasteiger partial charge on any atom is -0.311 e. The van der Waals surface area contributed by atoms with E-state index in [0.717, 1.165) is 25.9 Å². The molecule has 1 fully saturated rings. The Balaban J connectivity index is 2.10. The van der Waals surface area contributed by atoms with Crippen LogP contribution in [0, 0.1) is 0 Å². The van der Waals surface area contributed by atoms with Gasteiger partial charge in [0.25, 0.3) is 0 Å². The molecule has 1 atom stereocenters. The molecule has 1 rings (SSSR count). The summed E-state index contributed by atoms with van der Waals surface area (Å²) < 4.78 is 35.9. The molecule has 1 unspecified atom stereocenters. The second kappa shape index (κ2) is 6.59. The van der Waals surface area contributed by atoms with Crippen LogP contribution in [0.4, 0.5) is 13.2 Å². The van der Waals surface area contributed by atoms with Crippen LogP contribution in [0.1, 0.15) is 39.0 Å². The Hall–Kier alpha value is -0.290. The summed E-state index contributed by atoms with van der Waals surface area (Å²) in [6.45, 7) is 4.13. The fourth-order valence-electron chi connectivity index (χ4n) is 2.27. The van der Waals surface area contributed by atoms with Gasteiger partial charge in [-0.1, -0.05) is 0 Å². The highest BCUT2D eigenvalue weighted by atomic mass is 19.4. The van der Waals surface area contributed by atoms with Crippen molar-refractivity contribution in [2.45, 2.75) is 57.3 Å². The van der Waals surface area contributed by atoms with E-state index in [2.05, 4.69) is 17.3 Å². The number of hydrogen-bond acceptors (Lipinski definition) is 2. The van der Waals surface area contributed by atoms with Crippen LogP contribution in [0.3, 0.4) is 0 Å². The predicted molar refractivity (Wildman–Crippen MR) is 63.0 cm³/mol. The number of piperidine rings is 1. The van der Waals surface area contributed by atoms with Crippen molar-refractivity contribution in [3.8, 4) is 0 Å². The molecule has 1 aliphatic heterocycles. The maximum atomic E-state index is 12.0. The van der Waals surface area contributed by atoms with Crippen molar-refractivity contribution in [2.75, 3.05) is 20.1 Å². The number of halogens is 3. The summed E-state index contributed by atoms with van der Waals surface area (Å²) in [7, 11) is 2.10. The van der Waals surface area contributed by atoms with Gasteiger partial charge in [0.1, 0.15) is 0 Å². The fourth-order valence-corrected chi connectivity index (χ4v) is 2.27. The molecule has 1 aliphatic rings. The molecule has 0 amide bonds. The van der Waals surface area contributed by atoms with Crippen LogP contribution >= 0.6 is 0 Å². The lowest BCUT2D eigenvalue weighted by molar-refractivity contribution is -0.135. The first-order chi connectivity index (χ1) is 7.87. The number of nitrogens with zero attached hydrogens (tertiary/aromatic N) is 1. The topological polar surface area (TPSA) is 15.3 Å². The molecular weight excluding hydrogens is 229 g/mol. The van der Waals surface area contributed by atoms with Gasteiger partial charge >= 0.3 is 6.18 Å². The minimum absolute atomic E-state index is 0.186. The van der Waals surface area contributed by atoms with Gasteiger partial charge in [0, 0.05) is 18.5 Å². The molecule has 102 valence electrons. The van der Waals surface area contributed by atoms with Crippen LogP contribution < -0.4 is 5.32 Å². The second-order valence-corrected chi connectivity index (χ2v) is 5.15. The maximum Gasteiger partial charge on any atom is 0.389 e. The Morgan fingerprint density at radius 2 is 1.88 bits per heavy atom. The van der Waals surface area contributed by atoms with Gasteiger partial charge in [-0.2, -0.15) is 13.2 Å². The summed E-state index contributed by atoms with van der Waals surface area (Å²) >= 11 is 0. The van der Waals surface area contributed by atoms with Gasteiger partial charge in [0.2, 0.25) is 0 Å². The predicted octanol–water partition coefficient (Wildman–Crippen LogP) is 2.79. The number of alkyl halides is 3. The number of likely N-dealkylation sites (tertiary alicyclic amines) is 1. The first kappa shape index (κ1) is 14.8. The summed E-state index contributed by atoms with van der Waals surface area (Å²) in [6, 6.07) is 0.665. The first-order valence-electron chi connectivity index (χ1n) is 6.38. The van der Waals surface area contributed by atoms with Crippen molar-refractivity contribution >= 4 is 0 Å². The molecule has 1 saturated heterocycles. The average Bonchev–Trinajstić information content (AvgIpc) is 2.19. The van der Waals surface area contributed by atoms with Gasteiger partial charge in [-0.25, -0.2) is 0 Å². The summed E-state index contributed by atoms with van der Waals surface area (Å²) in [5, 5.41) is 3.43. The SMILES string of the molecule is CC(CCCC(F)(F)F)NC1CCN(C)CC1. The quantitative estimate of drug-likeness (QED) is 0.809. The van der Waals surface area contributed by atoms with E-state index in [1.165, 1.54) is 0 Å². The standard InChI is InChI=1S/C12H23F3N2/c1-10(4-3-7-12(13,14)15)16-11-5-8-17(2)9-6-11/h10-11,16H,3-9H2,1-2H3. The number of hydrogen-bond donors (Lipinski definition) is 1. The van der Waals surface area contributed by atoms with E-state index in [0.29, 0.717) is 12.5 Å². The Bertz CT molecular complexity index is 210. The molecular formula is C12H23F3N2. The molecule has 0 aliphatic carbocycles. The third-order valence-corrected chi connectivity index (χ3v) is 3.34. The van der Waals surface area contributed by atoms with E-state index >= 15 is 0 Å². The summed E-state index contributed by atoms with van der Waals surface area (Å²) in [6.07, 6.45) is -1.64. The molecule has 0 spiro atoms. The Morgan fingerprint density at radius 3 is 2.41 bits per heavy atom. The molecule has 0 aromatic carbocycles. The largest absolute Gasteiger partial charge is 0.389 e. The van der Waals surface area contributed by atoms with E-state index in [4.69, 9.17) is 0 Å². The molecule has 2 nitrogen and oxygen atoms in total. The van der Waals surface area contributed by atoms with Crippen molar-refractivity contribution in [3.63, 3.8) is 0 Å². The summed E-state index contributed by atoms with van der Waals surface area (Å²) in [5.41, 5.74) is 0. The normalized spacial score (nSPS) is 21.7. The van der Waals surface area contributed by atoms with E-state index < -0.39 is 12.6 Å². The lowest BCUT2D eigenvalue weighted by Crippen LogP contribution is -2.44. The molecule has 17 heavy (non-hydrogen) atoms. The Labute approximate surface area is 102 Å². The van der Waals surface area contributed by atoms with Crippen LogP contribution in [0.15, 0.2) is 0 Å². The third-order valence-electron chi connectivity index (χ3n) is 3.34. The van der Waals surface area contributed by atoms with Crippen molar-refractivity contribution in [1.82, 2.24) is 10.2 Å². The molecule has 5 heteroatoms. The van der Waals surface area contributed by atoms with Crippen LogP contribution in [-0.2, 0) is 0 Å². The molecule has 1 heterocycles. The monoisotopic (exact) mass is 252 g/mol. The van der Waals surface area contributed by atoms with Crippen LogP contribution in [0.5, 0.6) is 0 Å². The van der Waals surface area contributed by atoms with Crippen molar-refractivity contribution in [2.24, 2.45) is 0 Å². The number of nitrogens with one attached hydrogen (secondary N) is 1. The zero-order valence-electron chi connectivity index (χ0n) is 10.7. The van der Waals surface area contributed by atoms with Crippen molar-refractivity contribution < 1.29 is 13.2 Å². The minimum atomic E-state index is -4.01.